The van der Waals surface area contributed by atoms with Gasteiger partial charge >= 0.3 is 0 Å². The molecule has 0 N–H and O–H groups in total. The van der Waals surface area contributed by atoms with Gasteiger partial charge in [0.2, 0.25) is 0 Å². The molecule has 1 aliphatic rings. The van der Waals surface area contributed by atoms with Crippen LogP contribution in [0, 0.1) is 15.5 Å². The van der Waals surface area contributed by atoms with Crippen molar-refractivity contribution in [3.05, 3.63) is 38.9 Å². The van der Waals surface area contributed by atoms with E-state index in [1.165, 1.54) is 18.2 Å². The van der Waals surface area contributed by atoms with Crippen LogP contribution in [0.5, 0.6) is 0 Å². The standard InChI is InChI=1S/C13H15ClN2O3/c1-13(2)5-6-15(8-13)12(17)10-7-9(14)3-4-11(10)16(18)19/h3-4,7H,5-6,8H2,1-2H3. The van der Waals surface area contributed by atoms with Crippen LogP contribution < -0.4 is 0 Å². The third-order valence-corrected chi connectivity index (χ3v) is 3.59. The van der Waals surface area contributed by atoms with Crippen LogP contribution in [-0.4, -0.2) is 28.8 Å². The van der Waals surface area contributed by atoms with Crippen LogP contribution in [0.1, 0.15) is 30.6 Å². The number of nitrogens with zero attached hydrogens (tertiary/aromatic N) is 2. The molecule has 2 rings (SSSR count). The van der Waals surface area contributed by atoms with E-state index in [0.29, 0.717) is 18.1 Å². The van der Waals surface area contributed by atoms with E-state index < -0.39 is 4.92 Å². The molecule has 5 nitrogen and oxygen atoms in total. The second-order valence-corrected chi connectivity index (χ2v) is 6.00. The normalized spacial score (nSPS) is 17.5. The van der Waals surface area contributed by atoms with Crippen LogP contribution in [-0.2, 0) is 0 Å². The molecule has 19 heavy (non-hydrogen) atoms. The molecule has 1 amide bonds. The van der Waals surface area contributed by atoms with Gasteiger partial charge in [0.05, 0.1) is 4.92 Å². The maximum absolute atomic E-state index is 12.4. The molecule has 1 heterocycles. The molecule has 1 aliphatic heterocycles. The Balaban J connectivity index is 2.34. The summed E-state index contributed by atoms with van der Waals surface area (Å²) in [6.07, 6.45) is 0.896. The first kappa shape index (κ1) is 13.8. The number of carbonyl (C=O) groups excluding carboxylic acids is 1. The largest absolute Gasteiger partial charge is 0.338 e. The Morgan fingerprint density at radius 1 is 1.47 bits per heavy atom. The monoisotopic (exact) mass is 282 g/mol. The van der Waals surface area contributed by atoms with Gasteiger partial charge in [-0.05, 0) is 24.0 Å². The van der Waals surface area contributed by atoms with Crippen molar-refractivity contribution in [2.24, 2.45) is 5.41 Å². The zero-order valence-corrected chi connectivity index (χ0v) is 11.6. The highest BCUT2D eigenvalue weighted by molar-refractivity contribution is 6.31. The van der Waals surface area contributed by atoms with Crippen molar-refractivity contribution in [3.8, 4) is 0 Å². The van der Waals surface area contributed by atoms with Gasteiger partial charge < -0.3 is 4.90 Å². The van der Waals surface area contributed by atoms with E-state index in [1.54, 1.807) is 4.90 Å². The van der Waals surface area contributed by atoms with Crippen LogP contribution >= 0.6 is 11.6 Å². The van der Waals surface area contributed by atoms with Crippen LogP contribution in [0.2, 0.25) is 5.02 Å². The van der Waals surface area contributed by atoms with Crippen molar-refractivity contribution in [2.75, 3.05) is 13.1 Å². The number of nitro groups is 1. The first-order chi connectivity index (χ1) is 8.80. The van der Waals surface area contributed by atoms with Gasteiger partial charge in [0.1, 0.15) is 5.56 Å². The predicted octanol–water partition coefficient (Wildman–Crippen LogP) is 3.12. The van der Waals surface area contributed by atoms with Gasteiger partial charge in [-0.3, -0.25) is 14.9 Å². The van der Waals surface area contributed by atoms with Crippen molar-refractivity contribution in [1.82, 2.24) is 4.90 Å². The Kier molecular flexibility index (Phi) is 3.49. The number of benzene rings is 1. The molecule has 0 atom stereocenters. The highest BCUT2D eigenvalue weighted by Crippen LogP contribution is 2.32. The molecule has 0 unspecified atom stereocenters. The second kappa shape index (κ2) is 4.81. The van der Waals surface area contributed by atoms with E-state index in [-0.39, 0.29) is 22.6 Å². The SMILES string of the molecule is CC1(C)CCN(C(=O)c2cc(Cl)ccc2[N+](=O)[O-])C1. The van der Waals surface area contributed by atoms with Crippen molar-refractivity contribution in [1.29, 1.82) is 0 Å². The maximum atomic E-state index is 12.4. The molecule has 1 aromatic carbocycles. The Labute approximate surface area is 116 Å². The van der Waals surface area contributed by atoms with Crippen LogP contribution in [0.25, 0.3) is 0 Å². The zero-order valence-electron chi connectivity index (χ0n) is 10.9. The lowest BCUT2D eigenvalue weighted by Gasteiger charge is -2.19. The maximum Gasteiger partial charge on any atom is 0.282 e. The molecule has 0 spiro atoms. The van der Waals surface area contributed by atoms with Crippen molar-refractivity contribution < 1.29 is 9.72 Å². The summed E-state index contributed by atoms with van der Waals surface area (Å²) in [5, 5.41) is 11.3. The summed E-state index contributed by atoms with van der Waals surface area (Å²) in [7, 11) is 0. The van der Waals surface area contributed by atoms with E-state index in [9.17, 15) is 14.9 Å². The minimum atomic E-state index is -0.551. The summed E-state index contributed by atoms with van der Waals surface area (Å²) < 4.78 is 0. The van der Waals surface area contributed by atoms with Crippen LogP contribution in [0.15, 0.2) is 18.2 Å². The summed E-state index contributed by atoms with van der Waals surface area (Å²) in [5.74, 6) is -0.320. The highest BCUT2D eigenvalue weighted by atomic mass is 35.5. The summed E-state index contributed by atoms with van der Waals surface area (Å²) in [4.78, 5) is 24.4. The number of hydrogen-bond donors (Lipinski definition) is 0. The molecule has 1 saturated heterocycles. The third kappa shape index (κ3) is 2.87. The lowest BCUT2D eigenvalue weighted by atomic mass is 9.93. The Hall–Kier alpha value is -1.62. The van der Waals surface area contributed by atoms with Crippen molar-refractivity contribution in [2.45, 2.75) is 20.3 Å². The molecule has 0 radical (unpaired) electrons. The molecular weight excluding hydrogens is 268 g/mol. The van der Waals surface area contributed by atoms with Gasteiger partial charge in [0.25, 0.3) is 11.6 Å². The number of nitro benzene ring substituents is 1. The summed E-state index contributed by atoms with van der Waals surface area (Å²) in [6.45, 7) is 5.38. The zero-order chi connectivity index (χ0) is 14.2. The minimum Gasteiger partial charge on any atom is -0.338 e. The topological polar surface area (TPSA) is 63.5 Å². The van der Waals surface area contributed by atoms with E-state index in [0.717, 1.165) is 6.42 Å². The third-order valence-electron chi connectivity index (χ3n) is 3.35. The smallest absolute Gasteiger partial charge is 0.282 e. The Bertz CT molecular complexity index is 543. The fourth-order valence-electron chi connectivity index (χ4n) is 2.29. The first-order valence-corrected chi connectivity index (χ1v) is 6.41. The van der Waals surface area contributed by atoms with Gasteiger partial charge in [-0.1, -0.05) is 25.4 Å². The van der Waals surface area contributed by atoms with E-state index in [4.69, 9.17) is 11.6 Å². The average Bonchev–Trinajstić information content (AvgIpc) is 2.68. The van der Waals surface area contributed by atoms with E-state index >= 15 is 0 Å². The van der Waals surface area contributed by atoms with Crippen molar-refractivity contribution >= 4 is 23.2 Å². The summed E-state index contributed by atoms with van der Waals surface area (Å²) in [5.41, 5.74) is -0.0717. The number of amides is 1. The molecular formula is C13H15ClN2O3. The van der Waals surface area contributed by atoms with Gasteiger partial charge in [-0.15, -0.1) is 0 Å². The summed E-state index contributed by atoms with van der Waals surface area (Å²) >= 11 is 5.83. The van der Waals surface area contributed by atoms with Gasteiger partial charge in [-0.2, -0.15) is 0 Å². The molecule has 0 aromatic heterocycles. The van der Waals surface area contributed by atoms with Crippen molar-refractivity contribution in [3.63, 3.8) is 0 Å². The number of hydrogen-bond acceptors (Lipinski definition) is 3. The Morgan fingerprint density at radius 3 is 2.68 bits per heavy atom. The number of likely N-dealkylation sites (tertiary alicyclic amines) is 1. The lowest BCUT2D eigenvalue weighted by Crippen LogP contribution is -2.30. The number of halogens is 1. The average molecular weight is 283 g/mol. The molecule has 0 bridgehead atoms. The lowest BCUT2D eigenvalue weighted by molar-refractivity contribution is -0.385. The summed E-state index contributed by atoms with van der Waals surface area (Å²) in [6, 6.07) is 4.06. The van der Waals surface area contributed by atoms with Gasteiger partial charge in [0, 0.05) is 24.2 Å². The van der Waals surface area contributed by atoms with Gasteiger partial charge in [-0.25, -0.2) is 0 Å². The quantitative estimate of drug-likeness (QED) is 0.618. The Morgan fingerprint density at radius 2 is 2.16 bits per heavy atom. The van der Waals surface area contributed by atoms with Crippen LogP contribution in [0.4, 0.5) is 5.69 Å². The minimum absolute atomic E-state index is 0.0585. The molecule has 0 aliphatic carbocycles. The number of rotatable bonds is 2. The molecule has 1 aromatic rings. The fraction of sp³-hybridized carbons (Fsp3) is 0.462. The van der Waals surface area contributed by atoms with E-state index in [1.807, 2.05) is 0 Å². The van der Waals surface area contributed by atoms with Gasteiger partial charge in [0.15, 0.2) is 0 Å². The fourth-order valence-corrected chi connectivity index (χ4v) is 2.47. The molecule has 6 heteroatoms. The second-order valence-electron chi connectivity index (χ2n) is 5.56. The highest BCUT2D eigenvalue weighted by Gasteiger charge is 2.34. The predicted molar refractivity (Wildman–Crippen MR) is 72.4 cm³/mol. The number of carbonyl (C=O) groups is 1. The first-order valence-electron chi connectivity index (χ1n) is 6.03. The molecule has 102 valence electrons. The molecule has 1 fully saturated rings. The molecule has 0 saturated carbocycles. The van der Waals surface area contributed by atoms with E-state index in [2.05, 4.69) is 13.8 Å². The van der Waals surface area contributed by atoms with Crippen LogP contribution in [0.3, 0.4) is 0 Å².